The van der Waals surface area contributed by atoms with Crippen LogP contribution >= 0.6 is 46.9 Å². The molecule has 38 heavy (non-hydrogen) atoms. The lowest BCUT2D eigenvalue weighted by Gasteiger charge is -2.19. The van der Waals surface area contributed by atoms with Crippen molar-refractivity contribution >= 4 is 70.2 Å². The van der Waals surface area contributed by atoms with E-state index in [0.29, 0.717) is 16.7 Å². The predicted octanol–water partition coefficient (Wildman–Crippen LogP) is 8.55. The molecular weight excluding hydrogens is 561 g/mol. The van der Waals surface area contributed by atoms with Crippen LogP contribution in [0.3, 0.4) is 0 Å². The number of benzene rings is 2. The molecule has 0 aromatic heterocycles. The highest BCUT2D eigenvalue weighted by Crippen LogP contribution is 2.38. The monoisotopic (exact) mass is 597 g/mol. The highest BCUT2D eigenvalue weighted by Gasteiger charge is 2.21. The summed E-state index contributed by atoms with van der Waals surface area (Å²) in [6.07, 6.45) is 5.76. The summed E-state index contributed by atoms with van der Waals surface area (Å²) in [4.78, 5) is 17.3. The first-order chi connectivity index (χ1) is 18.3. The van der Waals surface area contributed by atoms with Crippen molar-refractivity contribution in [3.63, 3.8) is 0 Å². The van der Waals surface area contributed by atoms with E-state index in [-0.39, 0.29) is 11.9 Å². The average molecular weight is 599 g/mol. The molecule has 1 saturated carbocycles. The van der Waals surface area contributed by atoms with Crippen LogP contribution in [0.1, 0.15) is 51.5 Å². The topological polar surface area (TPSA) is 72.0 Å². The fraction of sp³-hybridized carbons (Fsp3) is 0.429. The van der Waals surface area contributed by atoms with Gasteiger partial charge in [-0.15, -0.1) is 11.8 Å². The molecule has 0 saturated heterocycles. The number of allylic oxidation sites excluding steroid dienone is 1. The Kier molecular flexibility index (Phi) is 15.1. The number of carbonyl (C=O) groups excluding carboxylic acids is 1. The molecule has 1 aliphatic carbocycles. The first-order valence-electron chi connectivity index (χ1n) is 12.5. The van der Waals surface area contributed by atoms with Crippen molar-refractivity contribution in [2.75, 3.05) is 31.4 Å². The normalized spacial score (nSPS) is 14.1. The lowest BCUT2D eigenvalue weighted by Crippen LogP contribution is -2.20. The Morgan fingerprint density at radius 3 is 2.50 bits per heavy atom. The molecule has 0 atom stereocenters. The van der Waals surface area contributed by atoms with Crippen LogP contribution in [0.4, 0.5) is 5.69 Å². The minimum atomic E-state index is 0.0206. The molecule has 0 bridgehead atoms. The Balaban J connectivity index is 0.000000384. The SMILES string of the molecule is C=N/C(C)=C(\SCNC)c1ccc(OC)c(SNc2ccc(Cl)cc2Cl)c1.CCOC(=O)C1CCCCC1. The summed E-state index contributed by atoms with van der Waals surface area (Å²) in [5.74, 6) is 1.77. The number of aliphatic imine (C=N–C) groups is 1. The first-order valence-corrected chi connectivity index (χ1v) is 15.1. The molecule has 1 aliphatic rings. The maximum absolute atomic E-state index is 11.2. The molecule has 3 rings (SSSR count). The van der Waals surface area contributed by atoms with E-state index in [1.807, 2.05) is 39.1 Å². The van der Waals surface area contributed by atoms with Crippen LogP contribution in [-0.4, -0.2) is 39.3 Å². The Labute approximate surface area is 245 Å². The largest absolute Gasteiger partial charge is 0.496 e. The van der Waals surface area contributed by atoms with Gasteiger partial charge < -0.3 is 19.5 Å². The second kappa shape index (κ2) is 17.7. The Bertz CT molecular complexity index is 1090. The van der Waals surface area contributed by atoms with Crippen LogP contribution in [0.25, 0.3) is 4.91 Å². The zero-order valence-corrected chi connectivity index (χ0v) is 25.6. The molecule has 0 unspecified atom stereocenters. The molecule has 2 N–H and O–H groups in total. The summed E-state index contributed by atoms with van der Waals surface area (Å²) in [6.45, 7) is 7.99. The van der Waals surface area contributed by atoms with Gasteiger partial charge in [0.25, 0.3) is 0 Å². The van der Waals surface area contributed by atoms with Crippen LogP contribution in [0.2, 0.25) is 10.0 Å². The second-order valence-electron chi connectivity index (χ2n) is 8.50. The van der Waals surface area contributed by atoms with E-state index in [2.05, 4.69) is 27.8 Å². The third-order valence-electron chi connectivity index (χ3n) is 5.78. The van der Waals surface area contributed by atoms with E-state index >= 15 is 0 Å². The molecule has 0 spiro atoms. The van der Waals surface area contributed by atoms with Crippen molar-refractivity contribution in [3.05, 3.63) is 57.7 Å². The van der Waals surface area contributed by atoms with E-state index in [1.54, 1.807) is 31.0 Å². The molecule has 10 heteroatoms. The lowest BCUT2D eigenvalue weighted by molar-refractivity contribution is -0.149. The van der Waals surface area contributed by atoms with Gasteiger partial charge >= 0.3 is 5.97 Å². The highest BCUT2D eigenvalue weighted by molar-refractivity contribution is 8.08. The quantitative estimate of drug-likeness (QED) is 0.116. The third-order valence-corrected chi connectivity index (χ3v) is 8.44. The number of nitrogens with one attached hydrogen (secondary N) is 2. The number of ether oxygens (including phenoxy) is 2. The van der Waals surface area contributed by atoms with Gasteiger partial charge in [-0.1, -0.05) is 48.5 Å². The predicted molar refractivity (Wildman–Crippen MR) is 166 cm³/mol. The van der Waals surface area contributed by atoms with E-state index < -0.39 is 0 Å². The average Bonchev–Trinajstić information content (AvgIpc) is 2.93. The Morgan fingerprint density at radius 1 is 1.16 bits per heavy atom. The van der Waals surface area contributed by atoms with Gasteiger partial charge in [-0.05, 0) is 88.3 Å². The molecular formula is C28H37Cl2N3O3S2. The van der Waals surface area contributed by atoms with E-state index in [0.717, 1.165) is 51.2 Å². The van der Waals surface area contributed by atoms with Crippen LogP contribution in [0, 0.1) is 5.92 Å². The van der Waals surface area contributed by atoms with Crippen molar-refractivity contribution in [1.82, 2.24) is 5.32 Å². The summed E-state index contributed by atoms with van der Waals surface area (Å²) < 4.78 is 13.7. The van der Waals surface area contributed by atoms with Crippen molar-refractivity contribution in [3.8, 4) is 5.75 Å². The van der Waals surface area contributed by atoms with Gasteiger partial charge in [0.05, 0.1) is 40.9 Å². The van der Waals surface area contributed by atoms with Crippen LogP contribution < -0.4 is 14.8 Å². The summed E-state index contributed by atoms with van der Waals surface area (Å²) >= 11 is 15.3. The molecule has 0 aliphatic heterocycles. The van der Waals surface area contributed by atoms with Gasteiger partial charge in [0.1, 0.15) is 5.75 Å². The minimum Gasteiger partial charge on any atom is -0.496 e. The van der Waals surface area contributed by atoms with Gasteiger partial charge in [0, 0.05) is 15.8 Å². The molecule has 0 amide bonds. The standard InChI is InChI=1S/C19H21Cl2N3OS2.C9H16O2/c1-12(23-3)19(26-11-22-2)13-5-8-17(25-4)18(9-13)27-24-16-7-6-14(20)10-15(16)21;1-2-11-9(10)8-6-4-3-5-7-8/h5-10,22,24H,3,11H2,1-2,4H3;8H,2-7H2,1H3/b19-12-;. The number of hydrogen-bond donors (Lipinski definition) is 2. The highest BCUT2D eigenvalue weighted by atomic mass is 35.5. The molecule has 0 heterocycles. The summed E-state index contributed by atoms with van der Waals surface area (Å²) in [5.41, 5.74) is 2.71. The molecule has 1 fully saturated rings. The fourth-order valence-electron chi connectivity index (χ4n) is 3.79. The number of carbonyl (C=O) groups is 1. The zero-order valence-electron chi connectivity index (χ0n) is 22.4. The van der Waals surface area contributed by atoms with E-state index in [1.165, 1.54) is 31.2 Å². The van der Waals surface area contributed by atoms with Crippen molar-refractivity contribution in [2.45, 2.75) is 50.8 Å². The maximum Gasteiger partial charge on any atom is 0.308 e. The van der Waals surface area contributed by atoms with Gasteiger partial charge in [0.2, 0.25) is 0 Å². The Morgan fingerprint density at radius 2 is 1.89 bits per heavy atom. The number of hydrogen-bond acceptors (Lipinski definition) is 8. The lowest BCUT2D eigenvalue weighted by atomic mass is 9.89. The summed E-state index contributed by atoms with van der Waals surface area (Å²) in [5, 5.41) is 4.29. The van der Waals surface area contributed by atoms with Crippen molar-refractivity contribution in [1.29, 1.82) is 0 Å². The van der Waals surface area contributed by atoms with E-state index in [4.69, 9.17) is 32.7 Å². The number of rotatable bonds is 11. The second-order valence-corrected chi connectivity index (χ2v) is 11.2. The number of esters is 1. The summed E-state index contributed by atoms with van der Waals surface area (Å²) in [7, 11) is 3.56. The van der Waals surface area contributed by atoms with Gasteiger partial charge in [-0.2, -0.15) is 0 Å². The van der Waals surface area contributed by atoms with Gasteiger partial charge in [-0.25, -0.2) is 0 Å². The van der Waals surface area contributed by atoms with E-state index in [9.17, 15) is 4.79 Å². The van der Waals surface area contributed by atoms with Crippen LogP contribution in [-0.2, 0) is 9.53 Å². The smallest absolute Gasteiger partial charge is 0.308 e. The molecule has 2 aromatic carbocycles. The fourth-order valence-corrected chi connectivity index (χ4v) is 5.99. The summed E-state index contributed by atoms with van der Waals surface area (Å²) in [6, 6.07) is 11.4. The first kappa shape index (κ1) is 32.4. The number of halogens is 2. The number of methoxy groups -OCH3 is 1. The van der Waals surface area contributed by atoms with Gasteiger partial charge in [-0.3, -0.25) is 9.79 Å². The minimum absolute atomic E-state index is 0.0206. The molecule has 6 nitrogen and oxygen atoms in total. The number of nitrogens with zero attached hydrogens (tertiary/aromatic N) is 1. The van der Waals surface area contributed by atoms with Crippen LogP contribution in [0.5, 0.6) is 5.75 Å². The van der Waals surface area contributed by atoms with Gasteiger partial charge in [0.15, 0.2) is 0 Å². The van der Waals surface area contributed by atoms with Crippen molar-refractivity contribution in [2.24, 2.45) is 10.9 Å². The Hall–Kier alpha value is -1.84. The maximum atomic E-state index is 11.2. The molecule has 208 valence electrons. The van der Waals surface area contributed by atoms with Crippen molar-refractivity contribution < 1.29 is 14.3 Å². The number of anilines is 1. The number of thioether (sulfide) groups is 1. The molecule has 2 aromatic rings. The zero-order chi connectivity index (χ0) is 27.9. The molecule has 0 radical (unpaired) electrons. The third kappa shape index (κ3) is 10.4. The van der Waals surface area contributed by atoms with Crippen LogP contribution in [0.15, 0.2) is 52.0 Å².